The molecular formula is C16H21N3O2. The van der Waals surface area contributed by atoms with Crippen molar-refractivity contribution in [3.8, 4) is 0 Å². The number of aromatic amines is 1. The number of nitrogens with one attached hydrogen (secondary N) is 1. The normalized spacial score (nSPS) is 22.3. The maximum Gasteiger partial charge on any atom is 0.170 e. The van der Waals surface area contributed by atoms with E-state index in [4.69, 9.17) is 14.5 Å². The molecule has 4 rings (SSSR count). The van der Waals surface area contributed by atoms with Crippen molar-refractivity contribution in [3.63, 3.8) is 0 Å². The van der Waals surface area contributed by atoms with E-state index in [2.05, 4.69) is 28.1 Å². The van der Waals surface area contributed by atoms with E-state index in [1.165, 1.54) is 0 Å². The lowest BCUT2D eigenvalue weighted by Crippen LogP contribution is -2.38. The molecule has 0 bridgehead atoms. The number of nitrogens with zero attached hydrogens (tertiary/aromatic N) is 2. The maximum absolute atomic E-state index is 5.52. The predicted octanol–water partition coefficient (Wildman–Crippen LogP) is 2.12. The molecule has 2 fully saturated rings. The molecule has 2 saturated heterocycles. The van der Waals surface area contributed by atoms with Gasteiger partial charge in [0.1, 0.15) is 5.82 Å². The molecular weight excluding hydrogens is 266 g/mol. The first kappa shape index (κ1) is 13.2. The van der Waals surface area contributed by atoms with E-state index in [0.717, 1.165) is 62.5 Å². The van der Waals surface area contributed by atoms with Crippen molar-refractivity contribution in [3.05, 3.63) is 30.1 Å². The van der Waals surface area contributed by atoms with E-state index in [-0.39, 0.29) is 6.29 Å². The highest BCUT2D eigenvalue weighted by Gasteiger charge is 2.26. The Morgan fingerprint density at radius 3 is 2.67 bits per heavy atom. The van der Waals surface area contributed by atoms with Crippen molar-refractivity contribution in [2.45, 2.75) is 25.0 Å². The fraction of sp³-hybridized carbons (Fsp3) is 0.562. The van der Waals surface area contributed by atoms with Gasteiger partial charge in [0, 0.05) is 12.5 Å². The third-order valence-corrected chi connectivity index (χ3v) is 4.48. The SMILES string of the molecule is c1ccc2[nH]c(C3CCN(CC4OCCO4)CC3)nc2c1. The number of rotatable bonds is 3. The van der Waals surface area contributed by atoms with Crippen LogP contribution < -0.4 is 0 Å². The molecule has 0 saturated carbocycles. The zero-order valence-electron chi connectivity index (χ0n) is 12.1. The summed E-state index contributed by atoms with van der Waals surface area (Å²) in [6, 6.07) is 8.25. The summed E-state index contributed by atoms with van der Waals surface area (Å²) in [5, 5.41) is 0. The second-order valence-corrected chi connectivity index (χ2v) is 5.89. The minimum Gasteiger partial charge on any atom is -0.349 e. The molecule has 0 unspecified atom stereocenters. The van der Waals surface area contributed by atoms with Crippen LogP contribution in [0.1, 0.15) is 24.6 Å². The van der Waals surface area contributed by atoms with Gasteiger partial charge in [-0.15, -0.1) is 0 Å². The number of hydrogen-bond donors (Lipinski definition) is 1. The van der Waals surface area contributed by atoms with Gasteiger partial charge in [0.15, 0.2) is 6.29 Å². The van der Waals surface area contributed by atoms with Crippen molar-refractivity contribution < 1.29 is 9.47 Å². The first-order chi connectivity index (χ1) is 10.4. The van der Waals surface area contributed by atoms with Gasteiger partial charge in [-0.1, -0.05) is 12.1 Å². The summed E-state index contributed by atoms with van der Waals surface area (Å²) >= 11 is 0. The largest absolute Gasteiger partial charge is 0.349 e. The number of H-pyrrole nitrogens is 1. The zero-order valence-corrected chi connectivity index (χ0v) is 12.1. The number of ether oxygens (including phenoxy) is 2. The average molecular weight is 287 g/mol. The lowest BCUT2D eigenvalue weighted by Gasteiger charge is -2.32. The lowest BCUT2D eigenvalue weighted by molar-refractivity contribution is -0.0649. The molecule has 5 nitrogen and oxygen atoms in total. The maximum atomic E-state index is 5.52. The Morgan fingerprint density at radius 1 is 1.14 bits per heavy atom. The van der Waals surface area contributed by atoms with E-state index in [9.17, 15) is 0 Å². The average Bonchev–Trinajstić information content (AvgIpc) is 3.16. The highest BCUT2D eigenvalue weighted by molar-refractivity contribution is 5.74. The van der Waals surface area contributed by atoms with Gasteiger partial charge in [-0.05, 0) is 38.1 Å². The summed E-state index contributed by atoms with van der Waals surface area (Å²) in [7, 11) is 0. The van der Waals surface area contributed by atoms with Gasteiger partial charge in [0.2, 0.25) is 0 Å². The fourth-order valence-electron chi connectivity index (χ4n) is 3.28. The van der Waals surface area contributed by atoms with Crippen LogP contribution >= 0.6 is 0 Å². The standard InChI is InChI=1S/C16H21N3O2/c1-2-4-14-13(3-1)17-16(18-14)12-5-7-19(8-6-12)11-15-20-9-10-21-15/h1-4,12,15H,5-11H2,(H,17,18). The Morgan fingerprint density at radius 2 is 1.90 bits per heavy atom. The van der Waals surface area contributed by atoms with Gasteiger partial charge in [-0.2, -0.15) is 0 Å². The highest BCUT2D eigenvalue weighted by Crippen LogP contribution is 2.28. The number of benzene rings is 1. The first-order valence-corrected chi connectivity index (χ1v) is 7.79. The molecule has 5 heteroatoms. The van der Waals surface area contributed by atoms with Crippen molar-refractivity contribution >= 4 is 11.0 Å². The quantitative estimate of drug-likeness (QED) is 0.939. The van der Waals surface area contributed by atoms with Crippen molar-refractivity contribution in [1.29, 1.82) is 0 Å². The number of hydrogen-bond acceptors (Lipinski definition) is 4. The van der Waals surface area contributed by atoms with Crippen molar-refractivity contribution in [1.82, 2.24) is 14.9 Å². The van der Waals surface area contributed by atoms with Gasteiger partial charge in [0.05, 0.1) is 24.2 Å². The number of piperidine rings is 1. The van der Waals surface area contributed by atoms with Gasteiger partial charge in [-0.25, -0.2) is 4.98 Å². The van der Waals surface area contributed by atoms with Crippen LogP contribution in [0.4, 0.5) is 0 Å². The number of imidazole rings is 1. The van der Waals surface area contributed by atoms with Crippen LogP contribution in [0.25, 0.3) is 11.0 Å². The van der Waals surface area contributed by atoms with Crippen LogP contribution in [-0.4, -0.2) is 54.0 Å². The minimum absolute atomic E-state index is 0.0206. The molecule has 0 atom stereocenters. The summed E-state index contributed by atoms with van der Waals surface area (Å²) in [5.41, 5.74) is 2.21. The Kier molecular flexibility index (Phi) is 3.63. The molecule has 2 aromatic rings. The van der Waals surface area contributed by atoms with Crippen molar-refractivity contribution in [2.75, 3.05) is 32.8 Å². The number of fused-ring (bicyclic) bond motifs is 1. The molecule has 0 radical (unpaired) electrons. The number of likely N-dealkylation sites (tertiary alicyclic amines) is 1. The molecule has 1 N–H and O–H groups in total. The molecule has 2 aliphatic rings. The van der Waals surface area contributed by atoms with E-state index >= 15 is 0 Å². The topological polar surface area (TPSA) is 50.4 Å². The molecule has 0 spiro atoms. The van der Waals surface area contributed by atoms with Gasteiger partial charge in [0.25, 0.3) is 0 Å². The molecule has 3 heterocycles. The second kappa shape index (κ2) is 5.75. The molecule has 112 valence electrons. The minimum atomic E-state index is -0.0206. The van der Waals surface area contributed by atoms with Crippen molar-refractivity contribution in [2.24, 2.45) is 0 Å². The van der Waals surface area contributed by atoms with Crippen LogP contribution in [0.15, 0.2) is 24.3 Å². The van der Waals surface area contributed by atoms with Crippen LogP contribution in [0, 0.1) is 0 Å². The summed E-state index contributed by atoms with van der Waals surface area (Å²) in [6.45, 7) is 4.54. The van der Waals surface area contributed by atoms with E-state index in [0.29, 0.717) is 5.92 Å². The van der Waals surface area contributed by atoms with E-state index in [1.54, 1.807) is 0 Å². The Labute approximate surface area is 124 Å². The molecule has 1 aromatic carbocycles. The Balaban J connectivity index is 1.38. The van der Waals surface area contributed by atoms with Crippen LogP contribution in [0.2, 0.25) is 0 Å². The first-order valence-electron chi connectivity index (χ1n) is 7.79. The van der Waals surface area contributed by atoms with Gasteiger partial charge >= 0.3 is 0 Å². The summed E-state index contributed by atoms with van der Waals surface area (Å²) in [6.07, 6.45) is 2.27. The summed E-state index contributed by atoms with van der Waals surface area (Å²) in [4.78, 5) is 10.7. The Bertz CT molecular complexity index is 565. The summed E-state index contributed by atoms with van der Waals surface area (Å²) in [5.74, 6) is 1.68. The smallest absolute Gasteiger partial charge is 0.170 e. The number of aromatic nitrogens is 2. The third kappa shape index (κ3) is 2.81. The Hall–Kier alpha value is -1.43. The number of para-hydroxylation sites is 2. The van der Waals surface area contributed by atoms with Crippen LogP contribution in [0.3, 0.4) is 0 Å². The van der Waals surface area contributed by atoms with Gasteiger partial charge < -0.3 is 14.5 Å². The fourth-order valence-corrected chi connectivity index (χ4v) is 3.28. The molecule has 21 heavy (non-hydrogen) atoms. The third-order valence-electron chi connectivity index (χ3n) is 4.48. The van der Waals surface area contributed by atoms with Crippen LogP contribution in [0.5, 0.6) is 0 Å². The molecule has 0 aliphatic carbocycles. The highest BCUT2D eigenvalue weighted by atomic mass is 16.7. The molecule has 1 aromatic heterocycles. The second-order valence-electron chi connectivity index (χ2n) is 5.89. The zero-order chi connectivity index (χ0) is 14.1. The van der Waals surface area contributed by atoms with Crippen LogP contribution in [-0.2, 0) is 9.47 Å². The predicted molar refractivity (Wildman–Crippen MR) is 80.2 cm³/mol. The monoisotopic (exact) mass is 287 g/mol. The van der Waals surface area contributed by atoms with E-state index in [1.807, 2.05) is 6.07 Å². The molecule has 0 amide bonds. The van der Waals surface area contributed by atoms with E-state index < -0.39 is 0 Å². The van der Waals surface area contributed by atoms with Gasteiger partial charge in [-0.3, -0.25) is 4.90 Å². The molecule has 2 aliphatic heterocycles. The summed E-state index contributed by atoms with van der Waals surface area (Å²) < 4.78 is 11.0. The lowest BCUT2D eigenvalue weighted by atomic mass is 9.96.